The summed E-state index contributed by atoms with van der Waals surface area (Å²) in [6, 6.07) is 0. The highest BCUT2D eigenvalue weighted by Crippen LogP contribution is 2.07. The van der Waals surface area contributed by atoms with Crippen LogP contribution in [0, 0.1) is 0 Å². The third-order valence-corrected chi connectivity index (χ3v) is 2.00. The van der Waals surface area contributed by atoms with Gasteiger partial charge < -0.3 is 14.2 Å². The minimum atomic E-state index is -0.343. The van der Waals surface area contributed by atoms with Crippen molar-refractivity contribution in [2.24, 2.45) is 0 Å². The Labute approximate surface area is 103 Å². The van der Waals surface area contributed by atoms with E-state index in [4.69, 9.17) is 14.2 Å². The fourth-order valence-corrected chi connectivity index (χ4v) is 0.777. The molecule has 0 saturated carbocycles. The van der Waals surface area contributed by atoms with Crippen molar-refractivity contribution in [2.45, 2.75) is 32.5 Å². The molecule has 1 heterocycles. The second-order valence-electron chi connectivity index (χ2n) is 3.64. The van der Waals surface area contributed by atoms with Crippen LogP contribution in [0.2, 0.25) is 0 Å². The number of ether oxygens (including phenoxy) is 3. The maximum absolute atomic E-state index is 10.4. The first-order valence-electron chi connectivity index (χ1n) is 5.77. The zero-order valence-electron chi connectivity index (χ0n) is 10.7. The van der Waals surface area contributed by atoms with Gasteiger partial charge in [0.05, 0.1) is 25.9 Å². The van der Waals surface area contributed by atoms with Crippen molar-refractivity contribution in [3.63, 3.8) is 0 Å². The first-order valence-corrected chi connectivity index (χ1v) is 5.77. The zero-order chi connectivity index (χ0) is 13.1. The Hall–Kier alpha value is -1.13. The van der Waals surface area contributed by atoms with Crippen molar-refractivity contribution in [2.75, 3.05) is 19.8 Å². The van der Waals surface area contributed by atoms with Gasteiger partial charge in [0.15, 0.2) is 0 Å². The highest BCUT2D eigenvalue weighted by atomic mass is 16.6. The van der Waals surface area contributed by atoms with Gasteiger partial charge in [-0.05, 0) is 13.3 Å². The van der Waals surface area contributed by atoms with E-state index in [9.17, 15) is 4.79 Å². The molecule has 4 heteroatoms. The monoisotopic (exact) mass is 242 g/mol. The topological polar surface area (TPSA) is 48.1 Å². The second kappa shape index (κ2) is 10.1. The number of hydrogen-bond acceptors (Lipinski definition) is 4. The van der Waals surface area contributed by atoms with Crippen LogP contribution in [0.1, 0.15) is 20.3 Å². The molecule has 2 atom stereocenters. The van der Waals surface area contributed by atoms with Gasteiger partial charge in [-0.15, -0.1) is 6.58 Å². The van der Waals surface area contributed by atoms with Gasteiger partial charge in [-0.1, -0.05) is 19.6 Å². The molecule has 17 heavy (non-hydrogen) atoms. The van der Waals surface area contributed by atoms with Gasteiger partial charge in [-0.25, -0.2) is 4.79 Å². The molecule has 4 nitrogen and oxygen atoms in total. The lowest BCUT2D eigenvalue weighted by atomic mass is 10.3. The van der Waals surface area contributed by atoms with E-state index < -0.39 is 0 Å². The minimum Gasteiger partial charge on any atom is -0.460 e. The summed E-state index contributed by atoms with van der Waals surface area (Å²) in [7, 11) is 0. The lowest BCUT2D eigenvalue weighted by Gasteiger charge is -2.07. The molecule has 0 aliphatic carbocycles. The molecule has 1 aliphatic heterocycles. The summed E-state index contributed by atoms with van der Waals surface area (Å²) in [5.41, 5.74) is 0. The van der Waals surface area contributed by atoms with E-state index in [2.05, 4.69) is 13.2 Å². The minimum absolute atomic E-state index is 0.00972. The summed E-state index contributed by atoms with van der Waals surface area (Å²) in [6.45, 7) is 12.8. The molecular formula is C13H22O4. The maximum Gasteiger partial charge on any atom is 0.330 e. The Morgan fingerprint density at radius 1 is 1.59 bits per heavy atom. The van der Waals surface area contributed by atoms with Gasteiger partial charge in [-0.3, -0.25) is 0 Å². The molecule has 0 aromatic carbocycles. The highest BCUT2D eigenvalue weighted by Gasteiger charge is 2.21. The second-order valence-corrected chi connectivity index (χ2v) is 3.64. The first-order chi connectivity index (χ1) is 8.13. The molecule has 0 spiro atoms. The summed E-state index contributed by atoms with van der Waals surface area (Å²) in [4.78, 5) is 10.4. The Morgan fingerprint density at radius 2 is 2.24 bits per heavy atom. The molecule has 0 radical (unpaired) electrons. The SMILES string of the molecule is C=CC(=O)OC(C)CC.C=CCOCC1CO1. The van der Waals surface area contributed by atoms with Crippen LogP contribution in [0.25, 0.3) is 0 Å². The molecule has 0 N–H and O–H groups in total. The summed E-state index contributed by atoms with van der Waals surface area (Å²) in [5, 5.41) is 0. The predicted octanol–water partition coefficient (Wildman–Crippen LogP) is 2.10. The van der Waals surface area contributed by atoms with Crippen LogP contribution in [0.3, 0.4) is 0 Å². The molecule has 1 rings (SSSR count). The molecule has 98 valence electrons. The number of esters is 1. The fourth-order valence-electron chi connectivity index (χ4n) is 0.777. The van der Waals surface area contributed by atoms with E-state index >= 15 is 0 Å². The number of carbonyl (C=O) groups excluding carboxylic acids is 1. The highest BCUT2D eigenvalue weighted by molar-refractivity contribution is 5.81. The van der Waals surface area contributed by atoms with Gasteiger partial charge in [0.2, 0.25) is 0 Å². The lowest BCUT2D eigenvalue weighted by Crippen LogP contribution is -2.10. The van der Waals surface area contributed by atoms with Gasteiger partial charge in [0.25, 0.3) is 0 Å². The van der Waals surface area contributed by atoms with E-state index in [1.807, 2.05) is 13.8 Å². The van der Waals surface area contributed by atoms with Crippen LogP contribution < -0.4 is 0 Å². The molecule has 0 aromatic heterocycles. The molecule has 0 aromatic rings. The Kier molecular flexibility index (Phi) is 9.38. The maximum atomic E-state index is 10.4. The van der Waals surface area contributed by atoms with Crippen LogP contribution >= 0.6 is 0 Å². The molecular weight excluding hydrogens is 220 g/mol. The number of carbonyl (C=O) groups is 1. The molecule has 0 amide bonds. The van der Waals surface area contributed by atoms with Gasteiger partial charge >= 0.3 is 5.97 Å². The summed E-state index contributed by atoms with van der Waals surface area (Å²) in [6.07, 6.45) is 4.15. The fraction of sp³-hybridized carbons (Fsp3) is 0.615. The van der Waals surface area contributed by atoms with E-state index in [1.165, 1.54) is 6.08 Å². The number of epoxide rings is 1. The van der Waals surface area contributed by atoms with Crippen molar-refractivity contribution < 1.29 is 19.0 Å². The zero-order valence-corrected chi connectivity index (χ0v) is 10.7. The predicted molar refractivity (Wildman–Crippen MR) is 66.8 cm³/mol. The van der Waals surface area contributed by atoms with Crippen LogP contribution in [0.15, 0.2) is 25.3 Å². The van der Waals surface area contributed by atoms with Crippen molar-refractivity contribution in [1.29, 1.82) is 0 Å². The quantitative estimate of drug-likeness (QED) is 0.225. The average molecular weight is 242 g/mol. The van der Waals surface area contributed by atoms with Crippen LogP contribution in [-0.4, -0.2) is 38.0 Å². The van der Waals surface area contributed by atoms with Gasteiger partial charge in [0, 0.05) is 6.08 Å². The Bertz CT molecular complexity index is 234. The Morgan fingerprint density at radius 3 is 2.65 bits per heavy atom. The standard InChI is InChI=1S/C7H12O2.C6H10O2/c1-4-6(3)9-7(8)5-2;1-2-3-7-4-6-5-8-6/h5-6H,2,4H2,1,3H3;2,6H,1,3-5H2. The largest absolute Gasteiger partial charge is 0.460 e. The van der Waals surface area contributed by atoms with Crippen LogP contribution in [0.5, 0.6) is 0 Å². The van der Waals surface area contributed by atoms with E-state index in [1.54, 1.807) is 6.08 Å². The Balaban J connectivity index is 0.000000302. The summed E-state index contributed by atoms with van der Waals surface area (Å²) in [5.74, 6) is -0.343. The number of hydrogen-bond donors (Lipinski definition) is 0. The van der Waals surface area contributed by atoms with Gasteiger partial charge in [-0.2, -0.15) is 0 Å². The lowest BCUT2D eigenvalue weighted by molar-refractivity contribution is -0.142. The van der Waals surface area contributed by atoms with Crippen LogP contribution in [0.4, 0.5) is 0 Å². The number of rotatable bonds is 7. The van der Waals surface area contributed by atoms with Crippen molar-refractivity contribution >= 4 is 5.97 Å². The van der Waals surface area contributed by atoms with E-state index in [-0.39, 0.29) is 12.1 Å². The van der Waals surface area contributed by atoms with Gasteiger partial charge in [0.1, 0.15) is 6.10 Å². The third-order valence-electron chi connectivity index (χ3n) is 2.00. The first kappa shape index (κ1) is 15.9. The third kappa shape index (κ3) is 11.1. The molecule has 0 bridgehead atoms. The van der Waals surface area contributed by atoms with Crippen molar-refractivity contribution in [3.8, 4) is 0 Å². The molecule has 2 unspecified atom stereocenters. The average Bonchev–Trinajstić information content (AvgIpc) is 3.14. The van der Waals surface area contributed by atoms with Crippen molar-refractivity contribution in [1.82, 2.24) is 0 Å². The summed E-state index contributed by atoms with van der Waals surface area (Å²) < 4.78 is 14.8. The molecule has 1 saturated heterocycles. The molecule has 1 aliphatic rings. The molecule has 1 fully saturated rings. The summed E-state index contributed by atoms with van der Waals surface area (Å²) >= 11 is 0. The smallest absolute Gasteiger partial charge is 0.330 e. The van der Waals surface area contributed by atoms with Crippen molar-refractivity contribution in [3.05, 3.63) is 25.3 Å². The van der Waals surface area contributed by atoms with E-state index in [0.717, 1.165) is 19.6 Å². The van der Waals surface area contributed by atoms with Crippen LogP contribution in [-0.2, 0) is 19.0 Å². The van der Waals surface area contributed by atoms with E-state index in [0.29, 0.717) is 12.7 Å². The normalized spacial score (nSPS) is 18.4.